The second-order valence-corrected chi connectivity index (χ2v) is 6.49. The smallest absolute Gasteiger partial charge is 0.270 e. The lowest BCUT2D eigenvalue weighted by Gasteiger charge is -2.08. The van der Waals surface area contributed by atoms with Crippen LogP contribution in [-0.2, 0) is 6.54 Å². The van der Waals surface area contributed by atoms with Gasteiger partial charge in [0.2, 0.25) is 0 Å². The van der Waals surface area contributed by atoms with E-state index in [4.69, 9.17) is 0 Å². The molecule has 144 valence electrons. The molecule has 8 heteroatoms. The molecule has 0 atom stereocenters. The highest BCUT2D eigenvalue weighted by atomic mass is 16.6. The molecule has 2 N–H and O–H groups in total. The molecule has 0 aliphatic heterocycles. The summed E-state index contributed by atoms with van der Waals surface area (Å²) < 4.78 is 0. The van der Waals surface area contributed by atoms with Gasteiger partial charge in [-0.1, -0.05) is 42.5 Å². The van der Waals surface area contributed by atoms with Crippen LogP contribution in [0.25, 0.3) is 22.6 Å². The fourth-order valence-electron chi connectivity index (χ4n) is 2.94. The van der Waals surface area contributed by atoms with Gasteiger partial charge >= 0.3 is 0 Å². The molecule has 2 aromatic heterocycles. The third-order valence-corrected chi connectivity index (χ3v) is 4.32. The summed E-state index contributed by atoms with van der Waals surface area (Å²) in [5.74, 6) is 1.83. The normalized spacial score (nSPS) is 10.7. The number of nitrogens with one attached hydrogen (secondary N) is 2. The van der Waals surface area contributed by atoms with E-state index in [0.717, 1.165) is 22.8 Å². The molecule has 8 nitrogen and oxygen atoms in total. The minimum Gasteiger partial charge on any atom is -0.363 e. The van der Waals surface area contributed by atoms with E-state index in [1.165, 1.54) is 12.1 Å². The Morgan fingerprint density at radius 1 is 1.03 bits per heavy atom. The van der Waals surface area contributed by atoms with Gasteiger partial charge in [0.25, 0.3) is 5.69 Å². The number of benzene rings is 2. The molecule has 0 aliphatic rings. The van der Waals surface area contributed by atoms with E-state index in [1.807, 2.05) is 43.3 Å². The van der Waals surface area contributed by atoms with Crippen molar-refractivity contribution < 1.29 is 4.92 Å². The van der Waals surface area contributed by atoms with Gasteiger partial charge in [0.1, 0.15) is 11.6 Å². The topological polar surface area (TPSA) is 110 Å². The van der Waals surface area contributed by atoms with Crippen LogP contribution in [0.1, 0.15) is 11.5 Å². The molecule has 29 heavy (non-hydrogen) atoms. The third kappa shape index (κ3) is 4.27. The first-order chi connectivity index (χ1) is 14.1. The Hall–Kier alpha value is -4.07. The maximum Gasteiger partial charge on any atom is 0.270 e. The van der Waals surface area contributed by atoms with Crippen molar-refractivity contribution in [1.29, 1.82) is 0 Å². The summed E-state index contributed by atoms with van der Waals surface area (Å²) in [5, 5.41) is 14.3. The standard InChI is InChI=1S/C21H18N6O2/c1-14-10-19(26-21(24-14)16-8-5-9-17(11-16)27(28)29)23-13-20-22-12-18(25-20)15-6-3-2-4-7-15/h2-12H,13H2,1H3,(H,22,25)(H,23,24,26). The Bertz CT molecular complexity index is 1160. The summed E-state index contributed by atoms with van der Waals surface area (Å²) in [6, 6.07) is 18.1. The quantitative estimate of drug-likeness (QED) is 0.376. The van der Waals surface area contributed by atoms with Crippen LogP contribution >= 0.6 is 0 Å². The molecule has 0 amide bonds. The van der Waals surface area contributed by atoms with E-state index in [9.17, 15) is 10.1 Å². The van der Waals surface area contributed by atoms with Crippen molar-refractivity contribution in [1.82, 2.24) is 19.9 Å². The van der Waals surface area contributed by atoms with E-state index in [0.29, 0.717) is 23.8 Å². The number of nitro benzene ring substituents is 1. The predicted octanol–water partition coefficient (Wildman–Crippen LogP) is 4.36. The maximum atomic E-state index is 11.0. The lowest BCUT2D eigenvalue weighted by atomic mass is 10.2. The van der Waals surface area contributed by atoms with Gasteiger partial charge in [-0.3, -0.25) is 10.1 Å². The van der Waals surface area contributed by atoms with Gasteiger partial charge in [0.15, 0.2) is 5.82 Å². The summed E-state index contributed by atoms with van der Waals surface area (Å²) in [6.45, 7) is 2.31. The van der Waals surface area contributed by atoms with Crippen LogP contribution in [0, 0.1) is 17.0 Å². The second kappa shape index (κ2) is 7.89. The number of hydrogen-bond acceptors (Lipinski definition) is 6. The highest BCUT2D eigenvalue weighted by Crippen LogP contribution is 2.23. The number of aromatic amines is 1. The number of aryl methyl sites for hydroxylation is 1. The van der Waals surface area contributed by atoms with Crippen molar-refractivity contribution in [3.63, 3.8) is 0 Å². The SMILES string of the molecule is Cc1cc(NCc2ncc(-c3ccccc3)[nH]2)nc(-c2cccc([N+](=O)[O-])c2)n1. The number of nitro groups is 1. The first-order valence-corrected chi connectivity index (χ1v) is 9.02. The van der Waals surface area contributed by atoms with Crippen molar-refractivity contribution in [3.05, 3.63) is 88.5 Å². The van der Waals surface area contributed by atoms with E-state index in [1.54, 1.807) is 18.3 Å². The number of hydrogen-bond donors (Lipinski definition) is 2. The van der Waals surface area contributed by atoms with Gasteiger partial charge in [-0.25, -0.2) is 15.0 Å². The Kier molecular flexibility index (Phi) is 4.98. The summed E-state index contributed by atoms with van der Waals surface area (Å²) in [6.07, 6.45) is 1.80. The zero-order valence-electron chi connectivity index (χ0n) is 15.7. The molecule has 0 saturated carbocycles. The van der Waals surface area contributed by atoms with Crippen molar-refractivity contribution in [2.75, 3.05) is 5.32 Å². The fourth-order valence-corrected chi connectivity index (χ4v) is 2.94. The number of anilines is 1. The van der Waals surface area contributed by atoms with E-state index in [2.05, 4.69) is 25.3 Å². The molecule has 0 radical (unpaired) electrons. The minimum absolute atomic E-state index is 0.00569. The average molecular weight is 386 g/mol. The zero-order valence-corrected chi connectivity index (χ0v) is 15.7. The maximum absolute atomic E-state index is 11.0. The van der Waals surface area contributed by atoms with Crippen LogP contribution in [0.3, 0.4) is 0 Å². The lowest BCUT2D eigenvalue weighted by Crippen LogP contribution is -2.05. The van der Waals surface area contributed by atoms with Crippen molar-refractivity contribution in [2.24, 2.45) is 0 Å². The number of aromatic nitrogens is 4. The van der Waals surface area contributed by atoms with Crippen LogP contribution in [0.2, 0.25) is 0 Å². The van der Waals surface area contributed by atoms with Crippen LogP contribution in [-0.4, -0.2) is 24.9 Å². The molecule has 4 aromatic rings. The Balaban J connectivity index is 1.52. The third-order valence-electron chi connectivity index (χ3n) is 4.32. The number of H-pyrrole nitrogens is 1. The van der Waals surface area contributed by atoms with E-state index in [-0.39, 0.29) is 5.69 Å². The van der Waals surface area contributed by atoms with Gasteiger partial charge in [-0.15, -0.1) is 0 Å². The summed E-state index contributed by atoms with van der Waals surface area (Å²) in [7, 11) is 0. The van der Waals surface area contributed by atoms with Gasteiger partial charge < -0.3 is 10.3 Å². The Labute approximate surface area is 166 Å². The molecule has 2 aromatic carbocycles. The molecular formula is C21H18N6O2. The highest BCUT2D eigenvalue weighted by Gasteiger charge is 2.11. The monoisotopic (exact) mass is 386 g/mol. The van der Waals surface area contributed by atoms with Crippen LogP contribution in [0.4, 0.5) is 11.5 Å². The van der Waals surface area contributed by atoms with Crippen molar-refractivity contribution in [2.45, 2.75) is 13.5 Å². The van der Waals surface area contributed by atoms with Crippen molar-refractivity contribution in [3.8, 4) is 22.6 Å². The van der Waals surface area contributed by atoms with Gasteiger partial charge in [0, 0.05) is 29.5 Å². The number of rotatable bonds is 6. The lowest BCUT2D eigenvalue weighted by molar-refractivity contribution is -0.384. The highest BCUT2D eigenvalue weighted by molar-refractivity contribution is 5.61. The molecule has 0 unspecified atom stereocenters. The molecule has 4 rings (SSSR count). The Morgan fingerprint density at radius 3 is 2.62 bits per heavy atom. The van der Waals surface area contributed by atoms with Gasteiger partial charge in [0.05, 0.1) is 23.4 Å². The number of non-ortho nitro benzene ring substituents is 1. The van der Waals surface area contributed by atoms with Gasteiger partial charge in [-0.2, -0.15) is 0 Å². The largest absolute Gasteiger partial charge is 0.363 e. The molecular weight excluding hydrogens is 368 g/mol. The number of nitrogens with zero attached hydrogens (tertiary/aromatic N) is 4. The fraction of sp³-hybridized carbons (Fsp3) is 0.0952. The molecule has 0 saturated heterocycles. The van der Waals surface area contributed by atoms with Gasteiger partial charge in [-0.05, 0) is 12.5 Å². The molecule has 2 heterocycles. The second-order valence-electron chi connectivity index (χ2n) is 6.49. The molecule has 0 spiro atoms. The summed E-state index contributed by atoms with van der Waals surface area (Å²) in [5.41, 5.74) is 3.37. The zero-order chi connectivity index (χ0) is 20.2. The molecule has 0 bridgehead atoms. The first kappa shape index (κ1) is 18.3. The van der Waals surface area contributed by atoms with Crippen LogP contribution in [0.5, 0.6) is 0 Å². The summed E-state index contributed by atoms with van der Waals surface area (Å²) >= 11 is 0. The van der Waals surface area contributed by atoms with E-state index < -0.39 is 4.92 Å². The Morgan fingerprint density at radius 2 is 1.83 bits per heavy atom. The molecule has 0 fully saturated rings. The number of imidazole rings is 1. The molecule has 0 aliphatic carbocycles. The van der Waals surface area contributed by atoms with Crippen molar-refractivity contribution >= 4 is 11.5 Å². The minimum atomic E-state index is -0.431. The average Bonchev–Trinajstić information content (AvgIpc) is 3.22. The predicted molar refractivity (Wildman–Crippen MR) is 110 cm³/mol. The summed E-state index contributed by atoms with van der Waals surface area (Å²) in [4.78, 5) is 27.2. The van der Waals surface area contributed by atoms with Crippen LogP contribution < -0.4 is 5.32 Å². The first-order valence-electron chi connectivity index (χ1n) is 9.02. The van der Waals surface area contributed by atoms with E-state index >= 15 is 0 Å². The van der Waals surface area contributed by atoms with Crippen LogP contribution in [0.15, 0.2) is 66.9 Å².